The first-order chi connectivity index (χ1) is 15.0. The van der Waals surface area contributed by atoms with E-state index in [1.807, 2.05) is 0 Å². The number of alkyl halides is 1. The molecule has 2 heterocycles. The average molecular weight is 515 g/mol. The predicted molar refractivity (Wildman–Crippen MR) is 122 cm³/mol. The fourth-order valence-electron chi connectivity index (χ4n) is 3.17. The van der Waals surface area contributed by atoms with E-state index >= 15 is 0 Å². The zero-order valence-corrected chi connectivity index (χ0v) is 19.9. The van der Waals surface area contributed by atoms with Crippen molar-refractivity contribution in [3.05, 3.63) is 59.7 Å². The molecule has 0 aliphatic carbocycles. The predicted octanol–water partition coefficient (Wildman–Crippen LogP) is 4.95. The number of hydrogen-bond acceptors (Lipinski definition) is 7. The molecule has 0 unspecified atom stereocenters. The maximum Gasteiger partial charge on any atom is 0.271 e. The van der Waals surface area contributed by atoms with Gasteiger partial charge < -0.3 is 4.42 Å². The molecule has 0 aliphatic heterocycles. The number of oxazole rings is 1. The molecule has 0 aliphatic rings. The maximum atomic E-state index is 13.6. The van der Waals surface area contributed by atoms with E-state index in [-0.39, 0.29) is 26.6 Å². The van der Waals surface area contributed by atoms with Crippen LogP contribution in [0.25, 0.3) is 21.5 Å². The second-order valence-corrected chi connectivity index (χ2v) is 12.2. The molecule has 0 fully saturated rings. The van der Waals surface area contributed by atoms with Crippen LogP contribution < -0.4 is 4.72 Å². The number of nitrogens with zero attached hydrogens (tertiary/aromatic N) is 1. The van der Waals surface area contributed by atoms with Gasteiger partial charge in [-0.2, -0.15) is 0 Å². The molecule has 168 valence electrons. The number of hydrogen-bond donors (Lipinski definition) is 1. The van der Waals surface area contributed by atoms with E-state index in [1.165, 1.54) is 42.7 Å². The molecule has 0 amide bonds. The third kappa shape index (κ3) is 4.25. The first-order valence-corrected chi connectivity index (χ1v) is 13.8. The van der Waals surface area contributed by atoms with Gasteiger partial charge in [0.05, 0.1) is 22.2 Å². The summed E-state index contributed by atoms with van der Waals surface area (Å²) in [4.78, 5) is 3.91. The number of aromatic nitrogens is 1. The van der Waals surface area contributed by atoms with Gasteiger partial charge in [0.1, 0.15) is 16.3 Å². The van der Waals surface area contributed by atoms with Crippen molar-refractivity contribution in [1.82, 2.24) is 4.98 Å². The third-order valence-electron chi connectivity index (χ3n) is 4.66. The molecule has 32 heavy (non-hydrogen) atoms. The number of benzene rings is 2. The van der Waals surface area contributed by atoms with Crippen LogP contribution in [0.5, 0.6) is 0 Å². The summed E-state index contributed by atoms with van der Waals surface area (Å²) in [6.45, 7) is 1.57. The Bertz CT molecular complexity index is 1560. The van der Waals surface area contributed by atoms with E-state index in [2.05, 4.69) is 9.71 Å². The molecule has 0 spiro atoms. The van der Waals surface area contributed by atoms with E-state index < -0.39 is 25.7 Å². The molecule has 12 heteroatoms. The Labute approximate surface area is 192 Å². The summed E-state index contributed by atoms with van der Waals surface area (Å²) in [5, 5.41) is 0.480. The number of fused-ring (bicyclic) bond motifs is 1. The Balaban J connectivity index is 1.79. The van der Waals surface area contributed by atoms with Gasteiger partial charge in [0, 0.05) is 16.5 Å². The highest BCUT2D eigenvalue weighted by molar-refractivity contribution is 7.95. The van der Waals surface area contributed by atoms with Crippen molar-refractivity contribution in [2.24, 2.45) is 0 Å². The molecular formula is C20H16ClFN2O5S3. The Morgan fingerprint density at radius 3 is 2.56 bits per heavy atom. The van der Waals surface area contributed by atoms with Gasteiger partial charge in [0.25, 0.3) is 10.0 Å². The van der Waals surface area contributed by atoms with Crippen LogP contribution in [0, 0.1) is 12.7 Å². The van der Waals surface area contributed by atoms with Crippen LogP contribution in [0.1, 0.15) is 11.3 Å². The van der Waals surface area contributed by atoms with Crippen LogP contribution in [0.15, 0.2) is 56.2 Å². The molecule has 0 atom stereocenters. The number of nitrogens with one attached hydrogen (secondary N) is 1. The highest BCUT2D eigenvalue weighted by Crippen LogP contribution is 2.36. The number of sulfonamides is 1. The largest absolute Gasteiger partial charge is 0.444 e. The average Bonchev–Trinajstić information content (AvgIpc) is 3.32. The van der Waals surface area contributed by atoms with Gasteiger partial charge >= 0.3 is 0 Å². The highest BCUT2D eigenvalue weighted by atomic mass is 35.5. The Kier molecular flexibility index (Phi) is 5.78. The fourth-order valence-corrected chi connectivity index (χ4v) is 7.04. The molecular weight excluding hydrogens is 499 g/mol. The van der Waals surface area contributed by atoms with Crippen molar-refractivity contribution in [3.8, 4) is 11.5 Å². The van der Waals surface area contributed by atoms with Crippen molar-refractivity contribution in [2.45, 2.75) is 21.9 Å². The number of thiophene rings is 1. The van der Waals surface area contributed by atoms with Crippen LogP contribution in [0.3, 0.4) is 0 Å². The summed E-state index contributed by atoms with van der Waals surface area (Å²) in [6.07, 6.45) is 2.32. The lowest BCUT2D eigenvalue weighted by molar-refractivity contribution is 0.573. The molecule has 7 nitrogen and oxygen atoms in total. The van der Waals surface area contributed by atoms with Crippen molar-refractivity contribution in [3.63, 3.8) is 0 Å². The zero-order valence-electron chi connectivity index (χ0n) is 16.7. The number of halogens is 2. The topological polar surface area (TPSA) is 106 Å². The Morgan fingerprint density at radius 1 is 1.16 bits per heavy atom. The van der Waals surface area contributed by atoms with Crippen molar-refractivity contribution in [2.75, 3.05) is 11.0 Å². The zero-order chi connectivity index (χ0) is 23.3. The van der Waals surface area contributed by atoms with Gasteiger partial charge in [0.2, 0.25) is 5.89 Å². The standard InChI is InChI=1S/C20H16ClFN2O5S3/c1-11-15-8-13(22)4-6-17(15)30-20(11)32(27,28)24-16-5-3-12(7-18(16)31(2,25)26)19-23-14(9-21)10-29-19/h3-8,10,24H,9H2,1-2H3. The molecule has 4 aromatic rings. The minimum atomic E-state index is -4.15. The van der Waals surface area contributed by atoms with Crippen molar-refractivity contribution in [1.29, 1.82) is 0 Å². The number of aryl methyl sites for hydroxylation is 1. The second-order valence-electron chi connectivity index (χ2n) is 7.02. The van der Waals surface area contributed by atoms with Crippen molar-refractivity contribution < 1.29 is 25.6 Å². The minimum absolute atomic E-state index is 0.0268. The van der Waals surface area contributed by atoms with E-state index in [9.17, 15) is 21.2 Å². The molecule has 1 N–H and O–H groups in total. The Hall–Kier alpha value is -2.47. The fraction of sp³-hybridized carbons (Fsp3) is 0.150. The summed E-state index contributed by atoms with van der Waals surface area (Å²) in [7, 11) is -7.98. The normalized spacial score (nSPS) is 12.4. The first-order valence-electron chi connectivity index (χ1n) is 9.06. The lowest BCUT2D eigenvalue weighted by Crippen LogP contribution is -2.15. The number of rotatable bonds is 6. The van der Waals surface area contributed by atoms with Crippen molar-refractivity contribution >= 4 is 58.6 Å². The van der Waals surface area contributed by atoms with Crippen LogP contribution in [-0.4, -0.2) is 28.1 Å². The Morgan fingerprint density at radius 2 is 1.91 bits per heavy atom. The van der Waals surface area contributed by atoms with Gasteiger partial charge in [-0.3, -0.25) is 4.72 Å². The van der Waals surface area contributed by atoms with Crippen LogP contribution in [0.2, 0.25) is 0 Å². The summed E-state index contributed by atoms with van der Waals surface area (Å²) < 4.78 is 72.9. The lowest BCUT2D eigenvalue weighted by Gasteiger charge is -2.12. The molecule has 4 rings (SSSR count). The first kappa shape index (κ1) is 22.7. The van der Waals surface area contributed by atoms with Gasteiger partial charge in [-0.25, -0.2) is 26.2 Å². The van der Waals surface area contributed by atoms with E-state index in [0.29, 0.717) is 26.9 Å². The lowest BCUT2D eigenvalue weighted by atomic mass is 10.2. The van der Waals surface area contributed by atoms with Crippen LogP contribution >= 0.6 is 22.9 Å². The summed E-state index contributed by atoms with van der Waals surface area (Å²) in [5.74, 6) is -0.199. The quantitative estimate of drug-likeness (QED) is 0.365. The van der Waals surface area contributed by atoms with Crippen LogP contribution in [0.4, 0.5) is 10.1 Å². The van der Waals surface area contributed by atoms with E-state index in [4.69, 9.17) is 16.0 Å². The van der Waals surface area contributed by atoms with E-state index in [1.54, 1.807) is 6.92 Å². The van der Waals surface area contributed by atoms with Gasteiger partial charge in [-0.15, -0.1) is 22.9 Å². The van der Waals surface area contributed by atoms with Crippen LogP contribution in [-0.2, 0) is 25.7 Å². The highest BCUT2D eigenvalue weighted by Gasteiger charge is 2.25. The number of anilines is 1. The molecule has 2 aromatic heterocycles. The number of sulfone groups is 1. The monoisotopic (exact) mass is 514 g/mol. The van der Waals surface area contributed by atoms with Gasteiger partial charge in [-0.1, -0.05) is 0 Å². The second kappa shape index (κ2) is 8.14. The summed E-state index contributed by atoms with van der Waals surface area (Å²) in [6, 6.07) is 8.12. The van der Waals surface area contributed by atoms with Gasteiger partial charge in [-0.05, 0) is 54.3 Å². The molecule has 2 aromatic carbocycles. The molecule has 0 radical (unpaired) electrons. The minimum Gasteiger partial charge on any atom is -0.444 e. The SMILES string of the molecule is Cc1c(S(=O)(=O)Nc2ccc(-c3nc(CCl)co3)cc2S(C)(=O)=O)sc2ccc(F)cc12. The summed E-state index contributed by atoms with van der Waals surface area (Å²) in [5.41, 5.74) is 1.08. The summed E-state index contributed by atoms with van der Waals surface area (Å²) >= 11 is 6.70. The third-order valence-corrected chi connectivity index (χ3v) is 9.33. The van der Waals surface area contributed by atoms with E-state index in [0.717, 1.165) is 17.6 Å². The molecule has 0 saturated heterocycles. The molecule has 0 bridgehead atoms. The molecule has 0 saturated carbocycles. The van der Waals surface area contributed by atoms with Gasteiger partial charge in [0.15, 0.2) is 9.84 Å². The maximum absolute atomic E-state index is 13.6. The smallest absolute Gasteiger partial charge is 0.271 e.